The quantitative estimate of drug-likeness (QED) is 0.384. The molecule has 4 rings (SSSR count). The van der Waals surface area contributed by atoms with Gasteiger partial charge in [0.15, 0.2) is 5.82 Å². The fourth-order valence-electron chi connectivity index (χ4n) is 3.58. The van der Waals surface area contributed by atoms with E-state index in [1.54, 1.807) is 11.3 Å². The molecule has 0 spiro atoms. The largest absolute Gasteiger partial charge is 0.466 e. The third kappa shape index (κ3) is 4.32. The minimum Gasteiger partial charge on any atom is -0.466 e. The van der Waals surface area contributed by atoms with Gasteiger partial charge in [-0.2, -0.15) is 0 Å². The zero-order valence-corrected chi connectivity index (χ0v) is 18.6. The first-order valence-electron chi connectivity index (χ1n) is 10.0. The number of rotatable bonds is 7. The summed E-state index contributed by atoms with van der Waals surface area (Å²) in [7, 11) is 0. The number of unbranched alkanes of at least 4 members (excludes halogenated alkanes) is 2. The smallest absolute Gasteiger partial charge is 0.302 e. The van der Waals surface area contributed by atoms with Gasteiger partial charge in [0.1, 0.15) is 17.4 Å². The topological polar surface area (TPSA) is 69.4 Å². The van der Waals surface area contributed by atoms with Crippen LogP contribution in [0.25, 0.3) is 5.00 Å². The van der Waals surface area contributed by atoms with Crippen molar-refractivity contribution in [2.75, 3.05) is 6.61 Å². The molecule has 3 aromatic rings. The summed E-state index contributed by atoms with van der Waals surface area (Å²) in [6, 6.07) is 10.0. The van der Waals surface area contributed by atoms with Crippen LogP contribution in [0.1, 0.15) is 53.8 Å². The maximum Gasteiger partial charge on any atom is 0.302 e. The summed E-state index contributed by atoms with van der Waals surface area (Å²) in [5.74, 6) is 1.48. The first-order chi connectivity index (χ1) is 14.5. The molecule has 0 radical (unpaired) electrons. The number of ether oxygens (including phenoxy) is 1. The van der Waals surface area contributed by atoms with E-state index < -0.39 is 0 Å². The molecular formula is C22H23ClN4O2S. The number of halogens is 1. The van der Waals surface area contributed by atoms with E-state index in [4.69, 9.17) is 21.3 Å². The van der Waals surface area contributed by atoms with Crippen LogP contribution >= 0.6 is 22.9 Å². The number of thiophene rings is 1. The number of hydrogen-bond donors (Lipinski definition) is 0. The van der Waals surface area contributed by atoms with Gasteiger partial charge in [-0.3, -0.25) is 14.4 Å². The second kappa shape index (κ2) is 9.10. The van der Waals surface area contributed by atoms with E-state index in [2.05, 4.69) is 20.8 Å². The summed E-state index contributed by atoms with van der Waals surface area (Å²) in [4.78, 5) is 17.0. The van der Waals surface area contributed by atoms with Gasteiger partial charge in [0.2, 0.25) is 0 Å². The summed E-state index contributed by atoms with van der Waals surface area (Å²) >= 11 is 8.26. The van der Waals surface area contributed by atoms with Crippen LogP contribution in [-0.4, -0.2) is 33.1 Å². The Labute approximate surface area is 184 Å². The van der Waals surface area contributed by atoms with Gasteiger partial charge in [-0.1, -0.05) is 29.8 Å². The maximum atomic E-state index is 10.9. The molecule has 6 nitrogen and oxygen atoms in total. The molecule has 8 heteroatoms. The Kier molecular flexibility index (Phi) is 6.29. The Bertz CT molecular complexity index is 1100. The second-order valence-electron chi connectivity index (χ2n) is 7.23. The lowest BCUT2D eigenvalue weighted by atomic mass is 10.0. The van der Waals surface area contributed by atoms with E-state index in [1.807, 2.05) is 31.2 Å². The number of carbonyl (C=O) groups is 1. The third-order valence-electron chi connectivity index (χ3n) is 4.99. The average Bonchev–Trinajstić information content (AvgIpc) is 3.25. The van der Waals surface area contributed by atoms with Crippen molar-refractivity contribution < 1.29 is 9.53 Å². The standard InChI is InChI=1S/C22H23ClN4O2S/c1-14-25-26-20-13-24-21(17-9-5-6-10-19(17)23)18-12-16(30-22(18)27(14)20)8-4-3-7-11-29-15(2)28/h5-6,9-10,12H,3-4,7-8,11,13H2,1-2H3. The molecule has 0 fully saturated rings. The summed E-state index contributed by atoms with van der Waals surface area (Å²) < 4.78 is 7.12. The second-order valence-corrected chi connectivity index (χ2v) is 8.75. The predicted molar refractivity (Wildman–Crippen MR) is 119 cm³/mol. The van der Waals surface area contributed by atoms with Crippen LogP contribution in [0.15, 0.2) is 35.3 Å². The molecule has 2 aromatic heterocycles. The molecule has 0 aliphatic carbocycles. The van der Waals surface area contributed by atoms with Gasteiger partial charge in [-0.15, -0.1) is 21.5 Å². The molecule has 156 valence electrons. The minimum absolute atomic E-state index is 0.219. The number of carbonyl (C=O) groups excluding carboxylic acids is 1. The van der Waals surface area contributed by atoms with Gasteiger partial charge in [0, 0.05) is 28.0 Å². The van der Waals surface area contributed by atoms with E-state index in [0.29, 0.717) is 18.2 Å². The van der Waals surface area contributed by atoms with E-state index in [0.717, 1.165) is 59.2 Å². The highest BCUT2D eigenvalue weighted by atomic mass is 35.5. The number of fused-ring (bicyclic) bond motifs is 3. The Morgan fingerprint density at radius 2 is 2.03 bits per heavy atom. The number of aromatic nitrogens is 3. The molecule has 0 bridgehead atoms. The zero-order chi connectivity index (χ0) is 21.1. The van der Waals surface area contributed by atoms with Gasteiger partial charge < -0.3 is 4.74 Å². The summed E-state index contributed by atoms with van der Waals surface area (Å²) in [6.45, 7) is 4.37. The molecule has 1 aliphatic rings. The van der Waals surface area contributed by atoms with Crippen molar-refractivity contribution in [1.29, 1.82) is 0 Å². The van der Waals surface area contributed by atoms with Crippen molar-refractivity contribution in [3.8, 4) is 5.00 Å². The van der Waals surface area contributed by atoms with Crippen LogP contribution in [0.4, 0.5) is 0 Å². The highest BCUT2D eigenvalue weighted by Gasteiger charge is 2.25. The Hall–Kier alpha value is -2.51. The van der Waals surface area contributed by atoms with Crippen molar-refractivity contribution in [3.05, 3.63) is 63.0 Å². The van der Waals surface area contributed by atoms with Crippen LogP contribution in [0.2, 0.25) is 5.02 Å². The summed E-state index contributed by atoms with van der Waals surface area (Å²) in [6.07, 6.45) is 3.89. The number of aliphatic imine (C=N–C) groups is 1. The lowest BCUT2D eigenvalue weighted by molar-refractivity contribution is -0.141. The average molecular weight is 443 g/mol. The maximum absolute atomic E-state index is 10.9. The van der Waals surface area contributed by atoms with E-state index in [-0.39, 0.29) is 5.97 Å². The van der Waals surface area contributed by atoms with Crippen LogP contribution in [0.5, 0.6) is 0 Å². The molecule has 0 saturated heterocycles. The fourth-order valence-corrected chi connectivity index (χ4v) is 5.07. The van der Waals surface area contributed by atoms with Gasteiger partial charge in [0.05, 0.1) is 12.3 Å². The first kappa shape index (κ1) is 20.8. The first-order valence-corrected chi connectivity index (χ1v) is 11.2. The Morgan fingerprint density at radius 1 is 1.20 bits per heavy atom. The van der Waals surface area contributed by atoms with Crippen molar-refractivity contribution in [2.45, 2.75) is 46.1 Å². The molecule has 0 saturated carbocycles. The fraction of sp³-hybridized carbons (Fsp3) is 0.364. The van der Waals surface area contributed by atoms with Gasteiger partial charge in [0.25, 0.3) is 0 Å². The molecule has 0 amide bonds. The number of benzene rings is 1. The van der Waals surface area contributed by atoms with Gasteiger partial charge in [-0.05, 0) is 44.7 Å². The lowest BCUT2D eigenvalue weighted by Crippen LogP contribution is -2.05. The third-order valence-corrected chi connectivity index (χ3v) is 6.50. The number of esters is 1. The monoisotopic (exact) mass is 442 g/mol. The van der Waals surface area contributed by atoms with Crippen LogP contribution in [-0.2, 0) is 22.5 Å². The molecule has 3 heterocycles. The highest BCUT2D eigenvalue weighted by molar-refractivity contribution is 7.15. The molecule has 0 N–H and O–H groups in total. The molecule has 0 atom stereocenters. The van der Waals surface area contributed by atoms with Gasteiger partial charge >= 0.3 is 5.97 Å². The van der Waals surface area contributed by atoms with Gasteiger partial charge in [-0.25, -0.2) is 0 Å². The van der Waals surface area contributed by atoms with Crippen molar-refractivity contribution >= 4 is 34.6 Å². The minimum atomic E-state index is -0.219. The number of aryl methyl sites for hydroxylation is 2. The van der Waals surface area contributed by atoms with Crippen LogP contribution < -0.4 is 0 Å². The van der Waals surface area contributed by atoms with Crippen molar-refractivity contribution in [1.82, 2.24) is 14.8 Å². The molecule has 1 aromatic carbocycles. The number of nitrogens with zero attached hydrogens (tertiary/aromatic N) is 4. The van der Waals surface area contributed by atoms with Crippen LogP contribution in [0.3, 0.4) is 0 Å². The SMILES string of the molecule is CC(=O)OCCCCCc1cc2c(s1)-n1c(C)nnc1CN=C2c1ccccc1Cl. The lowest BCUT2D eigenvalue weighted by Gasteiger charge is -2.08. The van der Waals surface area contributed by atoms with Crippen molar-refractivity contribution in [3.63, 3.8) is 0 Å². The molecular weight excluding hydrogens is 420 g/mol. The Morgan fingerprint density at radius 3 is 2.83 bits per heavy atom. The van der Waals surface area contributed by atoms with E-state index >= 15 is 0 Å². The Balaban J connectivity index is 1.61. The summed E-state index contributed by atoms with van der Waals surface area (Å²) in [5.41, 5.74) is 2.91. The van der Waals surface area contributed by atoms with Crippen LogP contribution in [0, 0.1) is 6.92 Å². The van der Waals surface area contributed by atoms with Crippen molar-refractivity contribution in [2.24, 2.45) is 4.99 Å². The predicted octanol–water partition coefficient (Wildman–Crippen LogP) is 4.92. The summed E-state index contributed by atoms with van der Waals surface area (Å²) in [5, 5.41) is 10.4. The molecule has 0 unspecified atom stereocenters. The van der Waals surface area contributed by atoms with E-state index in [9.17, 15) is 4.79 Å². The zero-order valence-electron chi connectivity index (χ0n) is 17.0. The van der Waals surface area contributed by atoms with E-state index in [1.165, 1.54) is 11.8 Å². The normalized spacial score (nSPS) is 12.7. The highest BCUT2D eigenvalue weighted by Crippen LogP contribution is 2.35. The molecule has 1 aliphatic heterocycles. The number of hydrogen-bond acceptors (Lipinski definition) is 6. The molecule has 30 heavy (non-hydrogen) atoms.